The van der Waals surface area contributed by atoms with Gasteiger partial charge in [0.05, 0.1) is 24.2 Å². The van der Waals surface area contributed by atoms with Crippen molar-refractivity contribution in [1.82, 2.24) is 29.0 Å². The molecule has 1 unspecified atom stereocenters. The van der Waals surface area contributed by atoms with Crippen LogP contribution in [-0.4, -0.2) is 55.8 Å². The van der Waals surface area contributed by atoms with Crippen molar-refractivity contribution >= 4 is 16.7 Å². The lowest BCUT2D eigenvalue weighted by Crippen LogP contribution is -2.40. The van der Waals surface area contributed by atoms with E-state index in [2.05, 4.69) is 45.9 Å². The number of hydrogen-bond acceptors (Lipinski definition) is 5. The molecule has 1 aliphatic heterocycles. The molecular weight excluding hydrogens is 428 g/mol. The summed E-state index contributed by atoms with van der Waals surface area (Å²) in [6.45, 7) is 7.69. The number of ether oxygens (including phenoxy) is 1. The molecule has 4 aromatic rings. The van der Waals surface area contributed by atoms with Gasteiger partial charge in [0.15, 0.2) is 11.4 Å². The highest BCUT2D eigenvalue weighted by atomic mass is 16.5. The van der Waals surface area contributed by atoms with Gasteiger partial charge in [-0.05, 0) is 73.4 Å². The number of piperidine rings is 1. The Hall–Kier alpha value is -3.13. The van der Waals surface area contributed by atoms with Crippen LogP contribution in [0.4, 0.5) is 0 Å². The number of likely N-dealkylation sites (tertiary alicyclic amines) is 1. The number of imidazole rings is 1. The molecule has 6 rings (SSSR count). The smallest absolute Gasteiger partial charge is 0.326 e. The molecule has 8 heteroatoms. The first-order chi connectivity index (χ1) is 16.5. The number of nitrogens with zero attached hydrogens (tertiary/aromatic N) is 5. The van der Waals surface area contributed by atoms with Crippen molar-refractivity contribution in [2.75, 3.05) is 26.7 Å². The quantitative estimate of drug-likeness (QED) is 0.466. The third-order valence-corrected chi connectivity index (χ3v) is 7.44. The van der Waals surface area contributed by atoms with Crippen LogP contribution in [-0.2, 0) is 0 Å². The lowest BCUT2D eigenvalue weighted by Gasteiger charge is -2.33. The van der Waals surface area contributed by atoms with Crippen LogP contribution >= 0.6 is 0 Å². The third kappa shape index (κ3) is 3.70. The van der Waals surface area contributed by atoms with Crippen molar-refractivity contribution in [1.29, 1.82) is 0 Å². The Morgan fingerprint density at radius 3 is 2.82 bits per heavy atom. The summed E-state index contributed by atoms with van der Waals surface area (Å²) >= 11 is 0. The van der Waals surface area contributed by atoms with Gasteiger partial charge in [0.25, 0.3) is 0 Å². The van der Waals surface area contributed by atoms with Crippen LogP contribution in [0, 0.1) is 5.92 Å². The number of pyridine rings is 1. The molecule has 3 aromatic heterocycles. The van der Waals surface area contributed by atoms with Crippen molar-refractivity contribution in [2.45, 2.75) is 51.5 Å². The van der Waals surface area contributed by atoms with Gasteiger partial charge in [-0.1, -0.05) is 13.8 Å². The Balaban J connectivity index is 1.45. The summed E-state index contributed by atoms with van der Waals surface area (Å²) in [4.78, 5) is 23.2. The van der Waals surface area contributed by atoms with E-state index in [1.54, 1.807) is 11.6 Å². The SMILES string of the molecule is COc1cc(-c2cc3[nH]c(=O)n(C4CCCN(CC5CC5)C4)c3cc2C(C)C)cn2ncnc12. The third-order valence-electron chi connectivity index (χ3n) is 7.44. The van der Waals surface area contributed by atoms with Gasteiger partial charge in [0, 0.05) is 24.8 Å². The minimum atomic E-state index is -0.00978. The van der Waals surface area contributed by atoms with E-state index in [4.69, 9.17) is 4.74 Å². The Labute approximate surface area is 198 Å². The standard InChI is InChI=1S/C26H32N6O2/c1-16(2)20-11-23-22(10-21(20)18-9-24(34-3)25-27-15-28-31(25)13-18)29-26(33)32(23)19-5-4-8-30(14-19)12-17-6-7-17/h9-11,13,15-17,19H,4-8,12,14H2,1-3H3,(H,29,33). The van der Waals surface area contributed by atoms with Crippen molar-refractivity contribution in [3.8, 4) is 16.9 Å². The number of methoxy groups -OCH3 is 1. The number of fused-ring (bicyclic) bond motifs is 2. The minimum absolute atomic E-state index is 0.00978. The Kier molecular flexibility index (Phi) is 5.21. The molecule has 1 aromatic carbocycles. The molecule has 2 aliphatic rings. The van der Waals surface area contributed by atoms with E-state index in [0.29, 0.717) is 11.4 Å². The lowest BCUT2D eigenvalue weighted by atomic mass is 9.92. The highest BCUT2D eigenvalue weighted by molar-refractivity contribution is 5.85. The molecule has 1 aliphatic carbocycles. The number of aromatic amines is 1. The number of nitrogens with one attached hydrogen (secondary N) is 1. The topological polar surface area (TPSA) is 80.5 Å². The maximum atomic E-state index is 13.2. The Bertz CT molecular complexity index is 1410. The summed E-state index contributed by atoms with van der Waals surface area (Å²) in [7, 11) is 1.65. The summed E-state index contributed by atoms with van der Waals surface area (Å²) in [6, 6.07) is 6.55. The highest BCUT2D eigenvalue weighted by Crippen LogP contribution is 2.36. The monoisotopic (exact) mass is 460 g/mol. The van der Waals surface area contributed by atoms with Gasteiger partial charge < -0.3 is 14.6 Å². The molecule has 0 spiro atoms. The van der Waals surface area contributed by atoms with Crippen molar-refractivity contribution in [3.05, 3.63) is 46.8 Å². The van der Waals surface area contributed by atoms with Crippen molar-refractivity contribution in [2.24, 2.45) is 5.92 Å². The first-order valence-corrected chi connectivity index (χ1v) is 12.4. The average molecular weight is 461 g/mol. The normalized spacial score (nSPS) is 19.5. The molecule has 34 heavy (non-hydrogen) atoms. The van der Waals surface area contributed by atoms with Gasteiger partial charge in [-0.2, -0.15) is 5.10 Å². The summed E-state index contributed by atoms with van der Waals surface area (Å²) in [6.07, 6.45) is 8.42. The molecular formula is C26H32N6O2. The number of hydrogen-bond donors (Lipinski definition) is 1. The minimum Gasteiger partial charge on any atom is -0.493 e. The van der Waals surface area contributed by atoms with Crippen LogP contribution in [0.15, 0.2) is 35.5 Å². The second-order valence-corrected chi connectivity index (χ2v) is 10.2. The number of rotatable bonds is 6. The van der Waals surface area contributed by atoms with E-state index >= 15 is 0 Å². The van der Waals surface area contributed by atoms with Gasteiger partial charge in [-0.25, -0.2) is 14.3 Å². The molecule has 1 atom stereocenters. The van der Waals surface area contributed by atoms with Crippen LogP contribution in [0.3, 0.4) is 0 Å². The zero-order valence-electron chi connectivity index (χ0n) is 20.1. The number of benzene rings is 1. The van der Waals surface area contributed by atoms with Gasteiger partial charge in [0.2, 0.25) is 0 Å². The fourth-order valence-corrected chi connectivity index (χ4v) is 5.55. The Morgan fingerprint density at radius 1 is 1.21 bits per heavy atom. The number of aromatic nitrogens is 5. The van der Waals surface area contributed by atoms with Crippen molar-refractivity contribution < 1.29 is 4.74 Å². The zero-order valence-corrected chi connectivity index (χ0v) is 20.1. The fourth-order valence-electron chi connectivity index (χ4n) is 5.55. The van der Waals surface area contributed by atoms with E-state index < -0.39 is 0 Å². The molecule has 1 saturated carbocycles. The molecule has 0 amide bonds. The second kappa shape index (κ2) is 8.27. The van der Waals surface area contributed by atoms with Crippen LogP contribution in [0.25, 0.3) is 27.8 Å². The molecule has 178 valence electrons. The van der Waals surface area contributed by atoms with Crippen LogP contribution in [0.5, 0.6) is 5.75 Å². The summed E-state index contributed by atoms with van der Waals surface area (Å²) in [5.41, 5.74) is 5.82. The van der Waals surface area contributed by atoms with E-state index in [-0.39, 0.29) is 17.6 Å². The van der Waals surface area contributed by atoms with Crippen LogP contribution in [0.1, 0.15) is 57.1 Å². The van der Waals surface area contributed by atoms with Gasteiger partial charge in [-0.3, -0.25) is 4.57 Å². The van der Waals surface area contributed by atoms with Gasteiger partial charge in [-0.15, -0.1) is 0 Å². The van der Waals surface area contributed by atoms with Gasteiger partial charge >= 0.3 is 5.69 Å². The second-order valence-electron chi connectivity index (χ2n) is 10.2. The molecule has 2 fully saturated rings. The molecule has 0 bridgehead atoms. The van der Waals surface area contributed by atoms with E-state index in [1.165, 1.54) is 31.3 Å². The predicted molar refractivity (Wildman–Crippen MR) is 133 cm³/mol. The highest BCUT2D eigenvalue weighted by Gasteiger charge is 2.29. The van der Waals surface area contributed by atoms with Crippen LogP contribution in [0.2, 0.25) is 0 Å². The summed E-state index contributed by atoms with van der Waals surface area (Å²) in [5.74, 6) is 1.83. The van der Waals surface area contributed by atoms with Gasteiger partial charge in [0.1, 0.15) is 6.33 Å². The first-order valence-electron chi connectivity index (χ1n) is 12.4. The molecule has 8 nitrogen and oxygen atoms in total. The van der Waals surface area contributed by atoms with Crippen molar-refractivity contribution in [3.63, 3.8) is 0 Å². The van der Waals surface area contributed by atoms with E-state index in [9.17, 15) is 4.79 Å². The maximum Gasteiger partial charge on any atom is 0.326 e. The predicted octanol–water partition coefficient (Wildman–Crippen LogP) is 4.22. The summed E-state index contributed by atoms with van der Waals surface area (Å²) < 4.78 is 9.35. The Morgan fingerprint density at radius 2 is 2.06 bits per heavy atom. The van der Waals surface area contributed by atoms with E-state index in [1.807, 2.05) is 16.8 Å². The lowest BCUT2D eigenvalue weighted by molar-refractivity contribution is 0.171. The molecule has 1 N–H and O–H groups in total. The maximum absolute atomic E-state index is 13.2. The largest absolute Gasteiger partial charge is 0.493 e. The number of H-pyrrole nitrogens is 1. The molecule has 4 heterocycles. The average Bonchev–Trinajstić information content (AvgIpc) is 3.39. The fraction of sp³-hybridized carbons (Fsp3) is 0.500. The molecule has 0 radical (unpaired) electrons. The zero-order chi connectivity index (χ0) is 23.4. The van der Waals surface area contributed by atoms with Crippen LogP contribution < -0.4 is 10.4 Å². The first kappa shape index (κ1) is 21.4. The van der Waals surface area contributed by atoms with E-state index in [0.717, 1.165) is 54.0 Å². The summed E-state index contributed by atoms with van der Waals surface area (Å²) in [5, 5.41) is 4.32. The molecule has 1 saturated heterocycles.